The van der Waals surface area contributed by atoms with Gasteiger partial charge in [-0.15, -0.1) is 0 Å². The Balaban J connectivity index is 1.62. The van der Waals surface area contributed by atoms with E-state index in [0.29, 0.717) is 29.4 Å². The number of hydrogen-bond donors (Lipinski definition) is 1. The monoisotopic (exact) mass is 402 g/mol. The maximum atomic E-state index is 12.6. The summed E-state index contributed by atoms with van der Waals surface area (Å²) in [5.74, 6) is -0.00791. The van der Waals surface area contributed by atoms with E-state index in [4.69, 9.17) is 16.0 Å². The van der Waals surface area contributed by atoms with Crippen LogP contribution in [-0.4, -0.2) is 20.9 Å². The summed E-state index contributed by atoms with van der Waals surface area (Å²) in [7, 11) is -3.76. The lowest BCUT2D eigenvalue weighted by molar-refractivity contribution is 0.0963. The first kappa shape index (κ1) is 17.6. The van der Waals surface area contributed by atoms with Crippen LogP contribution in [0.1, 0.15) is 16.1 Å². The number of carbonyl (C=O) groups excluding carboxylic acids is 1. The van der Waals surface area contributed by atoms with E-state index in [2.05, 4.69) is 4.72 Å². The van der Waals surface area contributed by atoms with Crippen molar-refractivity contribution in [1.29, 1.82) is 0 Å². The second kappa shape index (κ2) is 6.75. The van der Waals surface area contributed by atoms with E-state index in [9.17, 15) is 13.2 Å². The van der Waals surface area contributed by atoms with E-state index in [1.165, 1.54) is 30.5 Å². The van der Waals surface area contributed by atoms with Gasteiger partial charge in [-0.25, -0.2) is 8.42 Å². The van der Waals surface area contributed by atoms with E-state index in [-0.39, 0.29) is 16.6 Å². The molecule has 1 N–H and O–H groups in total. The molecule has 0 radical (unpaired) electrons. The molecule has 0 saturated heterocycles. The van der Waals surface area contributed by atoms with Crippen molar-refractivity contribution in [2.24, 2.45) is 0 Å². The lowest BCUT2D eigenvalue weighted by atomic mass is 10.1. The van der Waals surface area contributed by atoms with Gasteiger partial charge in [-0.3, -0.25) is 9.52 Å². The first-order chi connectivity index (χ1) is 12.9. The molecule has 0 atom stereocenters. The number of furan rings is 1. The molecular formula is C19H15ClN2O4S. The Morgan fingerprint density at radius 1 is 1.11 bits per heavy atom. The number of fused-ring (bicyclic) bond motifs is 1. The van der Waals surface area contributed by atoms with Crippen molar-refractivity contribution < 1.29 is 17.6 Å². The van der Waals surface area contributed by atoms with E-state index in [1.807, 2.05) is 6.07 Å². The molecule has 0 unspecified atom stereocenters. The summed E-state index contributed by atoms with van der Waals surface area (Å²) in [6.07, 6.45) is 2.15. The number of hydrogen-bond acceptors (Lipinski definition) is 4. The maximum Gasteiger partial charge on any atom is 0.293 e. The summed E-state index contributed by atoms with van der Waals surface area (Å²) in [5, 5.41) is 0.457. The van der Waals surface area contributed by atoms with Crippen LogP contribution in [0, 0.1) is 0 Å². The highest BCUT2D eigenvalue weighted by Gasteiger charge is 2.27. The number of rotatable bonds is 4. The molecule has 3 aromatic rings. The van der Waals surface area contributed by atoms with Crippen molar-refractivity contribution in [3.05, 3.63) is 77.2 Å². The van der Waals surface area contributed by atoms with E-state index >= 15 is 0 Å². The SMILES string of the molecule is O=C(c1ccco1)N1CCc2ccc(NS(=O)(=O)c3ccc(Cl)cc3)cc21. The highest BCUT2D eigenvalue weighted by Crippen LogP contribution is 2.33. The van der Waals surface area contributed by atoms with Gasteiger partial charge in [-0.2, -0.15) is 0 Å². The number of benzene rings is 2. The van der Waals surface area contributed by atoms with Crippen LogP contribution in [-0.2, 0) is 16.4 Å². The minimum absolute atomic E-state index is 0.107. The average Bonchev–Trinajstić information content (AvgIpc) is 3.31. The predicted octanol–water partition coefficient (Wildman–Crippen LogP) is 3.94. The van der Waals surface area contributed by atoms with Crippen molar-refractivity contribution in [3.63, 3.8) is 0 Å². The van der Waals surface area contributed by atoms with E-state index < -0.39 is 10.0 Å². The summed E-state index contributed by atoms with van der Waals surface area (Å²) < 4.78 is 32.9. The van der Waals surface area contributed by atoms with Crippen LogP contribution in [0.5, 0.6) is 0 Å². The summed E-state index contributed by atoms with van der Waals surface area (Å²) in [6, 6.07) is 14.3. The quantitative estimate of drug-likeness (QED) is 0.716. The van der Waals surface area contributed by atoms with Gasteiger partial charge in [0.1, 0.15) is 0 Å². The summed E-state index contributed by atoms with van der Waals surface area (Å²) in [4.78, 5) is 14.3. The van der Waals surface area contributed by atoms with Crippen LogP contribution in [0.2, 0.25) is 5.02 Å². The fourth-order valence-corrected chi connectivity index (χ4v) is 4.19. The van der Waals surface area contributed by atoms with Gasteiger partial charge >= 0.3 is 0 Å². The molecule has 4 rings (SSSR count). The van der Waals surface area contributed by atoms with Crippen molar-refractivity contribution in [1.82, 2.24) is 0 Å². The molecule has 6 nitrogen and oxygen atoms in total. The highest BCUT2D eigenvalue weighted by atomic mass is 35.5. The van der Waals surface area contributed by atoms with Gasteiger partial charge in [0, 0.05) is 17.3 Å². The molecule has 2 aromatic carbocycles. The zero-order chi connectivity index (χ0) is 19.0. The fraction of sp³-hybridized carbons (Fsp3) is 0.105. The second-order valence-corrected chi connectivity index (χ2v) is 8.21. The fourth-order valence-electron chi connectivity index (χ4n) is 3.01. The minimum atomic E-state index is -3.76. The zero-order valence-corrected chi connectivity index (χ0v) is 15.6. The van der Waals surface area contributed by atoms with Gasteiger partial charge in [0.2, 0.25) is 0 Å². The third-order valence-corrected chi connectivity index (χ3v) is 5.98. The van der Waals surface area contributed by atoms with Gasteiger partial charge in [-0.05, 0) is 60.5 Å². The molecule has 0 bridgehead atoms. The van der Waals surface area contributed by atoms with E-state index in [1.54, 1.807) is 29.2 Å². The molecular weight excluding hydrogens is 388 g/mol. The smallest absolute Gasteiger partial charge is 0.293 e. The largest absolute Gasteiger partial charge is 0.459 e. The van der Waals surface area contributed by atoms with Crippen LogP contribution >= 0.6 is 11.6 Å². The van der Waals surface area contributed by atoms with Crippen molar-refractivity contribution in [2.45, 2.75) is 11.3 Å². The number of anilines is 2. The Labute approximate surface area is 161 Å². The third-order valence-electron chi connectivity index (χ3n) is 4.33. The van der Waals surface area contributed by atoms with Crippen molar-refractivity contribution in [3.8, 4) is 0 Å². The number of amides is 1. The van der Waals surface area contributed by atoms with Crippen molar-refractivity contribution >= 4 is 38.9 Å². The van der Waals surface area contributed by atoms with Crippen LogP contribution < -0.4 is 9.62 Å². The Morgan fingerprint density at radius 3 is 2.59 bits per heavy atom. The molecule has 27 heavy (non-hydrogen) atoms. The molecule has 2 heterocycles. The molecule has 1 aliphatic heterocycles. The lowest BCUT2D eigenvalue weighted by Crippen LogP contribution is -2.28. The highest BCUT2D eigenvalue weighted by molar-refractivity contribution is 7.92. The second-order valence-electron chi connectivity index (χ2n) is 6.09. The standard InChI is InChI=1S/C19H15ClN2O4S/c20-14-4-7-16(8-5-14)27(24,25)21-15-6-3-13-9-10-22(17(13)12-15)19(23)18-2-1-11-26-18/h1-8,11-12,21H,9-10H2. The number of nitrogens with one attached hydrogen (secondary N) is 1. The lowest BCUT2D eigenvalue weighted by Gasteiger charge is -2.17. The van der Waals surface area contributed by atoms with Crippen LogP contribution in [0.25, 0.3) is 0 Å². The van der Waals surface area contributed by atoms with Crippen molar-refractivity contribution in [2.75, 3.05) is 16.2 Å². The summed E-state index contributed by atoms with van der Waals surface area (Å²) >= 11 is 5.81. The molecule has 1 aliphatic rings. The number of sulfonamides is 1. The first-order valence-corrected chi connectivity index (χ1v) is 10.1. The summed E-state index contributed by atoms with van der Waals surface area (Å²) in [5.41, 5.74) is 2.03. The molecule has 138 valence electrons. The van der Waals surface area contributed by atoms with Crippen LogP contribution in [0.4, 0.5) is 11.4 Å². The Bertz CT molecular complexity index is 1090. The van der Waals surface area contributed by atoms with Gasteiger partial charge in [-0.1, -0.05) is 17.7 Å². The van der Waals surface area contributed by atoms with E-state index in [0.717, 1.165) is 5.56 Å². The Hall–Kier alpha value is -2.77. The van der Waals surface area contributed by atoms with Gasteiger partial charge < -0.3 is 9.32 Å². The molecule has 0 fully saturated rings. The topological polar surface area (TPSA) is 79.6 Å². The van der Waals surface area contributed by atoms with Crippen LogP contribution in [0.3, 0.4) is 0 Å². The first-order valence-electron chi connectivity index (χ1n) is 8.21. The molecule has 0 saturated carbocycles. The average molecular weight is 403 g/mol. The minimum Gasteiger partial charge on any atom is -0.459 e. The Kier molecular flexibility index (Phi) is 4.41. The molecule has 1 aromatic heterocycles. The third kappa shape index (κ3) is 3.43. The number of carbonyl (C=O) groups is 1. The molecule has 0 aliphatic carbocycles. The summed E-state index contributed by atoms with van der Waals surface area (Å²) in [6.45, 7) is 0.516. The normalized spacial score (nSPS) is 13.4. The zero-order valence-electron chi connectivity index (χ0n) is 14.1. The van der Waals surface area contributed by atoms with Crippen LogP contribution in [0.15, 0.2) is 70.2 Å². The molecule has 1 amide bonds. The predicted molar refractivity (Wildman–Crippen MR) is 103 cm³/mol. The Morgan fingerprint density at radius 2 is 1.89 bits per heavy atom. The number of nitrogens with zero attached hydrogens (tertiary/aromatic N) is 1. The van der Waals surface area contributed by atoms with Gasteiger partial charge in [0.25, 0.3) is 15.9 Å². The number of halogens is 1. The van der Waals surface area contributed by atoms with Gasteiger partial charge in [0.15, 0.2) is 5.76 Å². The maximum absolute atomic E-state index is 12.6. The molecule has 0 spiro atoms. The molecule has 8 heteroatoms. The van der Waals surface area contributed by atoms with Gasteiger partial charge in [0.05, 0.1) is 16.8 Å².